The Morgan fingerprint density at radius 2 is 1.74 bits per heavy atom. The van der Waals surface area contributed by atoms with Crippen LogP contribution in [-0.2, 0) is 19.4 Å². The molecule has 5 rings (SSSR count). The summed E-state index contributed by atoms with van der Waals surface area (Å²) in [7, 11) is 0. The number of aryl methyl sites for hydroxylation is 2. The molecule has 172 valence electrons. The van der Waals surface area contributed by atoms with E-state index in [1.807, 2.05) is 60.7 Å². The van der Waals surface area contributed by atoms with Gasteiger partial charge in [0, 0.05) is 24.9 Å². The minimum absolute atomic E-state index is 0.000781. The third kappa shape index (κ3) is 4.72. The molecule has 0 N–H and O–H groups in total. The number of hydrogen-bond acceptors (Lipinski definition) is 2. The van der Waals surface area contributed by atoms with E-state index in [2.05, 4.69) is 22.8 Å². The molecule has 3 nitrogen and oxygen atoms in total. The first-order valence-corrected chi connectivity index (χ1v) is 11.9. The Bertz CT molecular complexity index is 1330. The van der Waals surface area contributed by atoms with Crippen molar-refractivity contribution in [2.75, 3.05) is 0 Å². The summed E-state index contributed by atoms with van der Waals surface area (Å²) in [4.78, 5) is 4.96. The third-order valence-electron chi connectivity index (χ3n) is 6.86. The van der Waals surface area contributed by atoms with Crippen LogP contribution in [-0.4, -0.2) is 15.5 Å². The van der Waals surface area contributed by atoms with Crippen LogP contribution in [0.1, 0.15) is 42.4 Å². The number of para-hydroxylation sites is 2. The van der Waals surface area contributed by atoms with E-state index < -0.39 is 5.92 Å². The van der Waals surface area contributed by atoms with Gasteiger partial charge in [-0.05, 0) is 67.0 Å². The fourth-order valence-electron chi connectivity index (χ4n) is 5.14. The maximum Gasteiger partial charge on any atom is 0.248 e. The van der Waals surface area contributed by atoms with Gasteiger partial charge in [0.2, 0.25) is 5.92 Å². The van der Waals surface area contributed by atoms with Crippen LogP contribution in [0.4, 0.5) is 8.78 Å². The molecule has 1 fully saturated rings. The van der Waals surface area contributed by atoms with Crippen molar-refractivity contribution in [2.24, 2.45) is 5.92 Å². The Labute approximate surface area is 198 Å². The molecule has 0 bridgehead atoms. The number of nitriles is 1. The molecule has 4 aromatic rings. The van der Waals surface area contributed by atoms with Crippen LogP contribution in [0.3, 0.4) is 0 Å². The van der Waals surface area contributed by atoms with E-state index in [4.69, 9.17) is 10.2 Å². The normalized spacial score (nSPS) is 17.5. The van der Waals surface area contributed by atoms with Crippen LogP contribution in [0.2, 0.25) is 0 Å². The van der Waals surface area contributed by atoms with E-state index in [1.54, 1.807) is 0 Å². The highest BCUT2D eigenvalue weighted by Crippen LogP contribution is 2.39. The van der Waals surface area contributed by atoms with E-state index in [1.165, 1.54) is 11.1 Å². The number of rotatable bonds is 6. The molecule has 1 heterocycles. The number of benzene rings is 3. The molecule has 3 aromatic carbocycles. The van der Waals surface area contributed by atoms with E-state index >= 15 is 0 Å². The summed E-state index contributed by atoms with van der Waals surface area (Å²) >= 11 is 0. The van der Waals surface area contributed by atoms with Gasteiger partial charge in [-0.2, -0.15) is 5.26 Å². The second-order valence-corrected chi connectivity index (χ2v) is 9.32. The van der Waals surface area contributed by atoms with Crippen LogP contribution in [0.25, 0.3) is 22.4 Å². The maximum atomic E-state index is 14.2. The number of imidazole rings is 1. The lowest BCUT2D eigenvalue weighted by molar-refractivity contribution is -0.0545. The Morgan fingerprint density at radius 3 is 2.53 bits per heavy atom. The molecule has 1 aliphatic rings. The first-order valence-electron chi connectivity index (χ1n) is 11.9. The molecule has 0 spiro atoms. The molecular weight excluding hydrogens is 428 g/mol. The molecule has 34 heavy (non-hydrogen) atoms. The van der Waals surface area contributed by atoms with Crippen molar-refractivity contribution in [1.29, 1.82) is 5.26 Å². The quantitative estimate of drug-likeness (QED) is 0.309. The van der Waals surface area contributed by atoms with Gasteiger partial charge in [0.15, 0.2) is 0 Å². The van der Waals surface area contributed by atoms with Crippen molar-refractivity contribution in [1.82, 2.24) is 9.55 Å². The van der Waals surface area contributed by atoms with E-state index in [9.17, 15) is 8.78 Å². The molecule has 0 radical (unpaired) electrons. The summed E-state index contributed by atoms with van der Waals surface area (Å²) in [5, 5.41) is 9.03. The fourth-order valence-corrected chi connectivity index (χ4v) is 5.14. The minimum Gasteiger partial charge on any atom is -0.324 e. The average Bonchev–Trinajstić information content (AvgIpc) is 3.21. The Hall–Kier alpha value is -3.52. The zero-order valence-electron chi connectivity index (χ0n) is 19.1. The number of alkyl halides is 2. The van der Waals surface area contributed by atoms with Crippen molar-refractivity contribution >= 4 is 11.0 Å². The highest BCUT2D eigenvalue weighted by atomic mass is 19.3. The van der Waals surface area contributed by atoms with Gasteiger partial charge in [-0.25, -0.2) is 13.8 Å². The summed E-state index contributed by atoms with van der Waals surface area (Å²) in [6.45, 7) is 0.551. The van der Waals surface area contributed by atoms with Crippen LogP contribution in [0.5, 0.6) is 0 Å². The number of aromatic nitrogens is 2. The predicted octanol–water partition coefficient (Wildman–Crippen LogP) is 7.19. The molecular formula is C29H27F2N3. The summed E-state index contributed by atoms with van der Waals surface area (Å²) < 4.78 is 30.5. The first kappa shape index (κ1) is 22.3. The van der Waals surface area contributed by atoms with Crippen LogP contribution in [0.15, 0.2) is 72.8 Å². The summed E-state index contributed by atoms with van der Waals surface area (Å²) in [5.41, 5.74) is 5.94. The van der Waals surface area contributed by atoms with Gasteiger partial charge in [-0.1, -0.05) is 48.5 Å². The second kappa shape index (κ2) is 9.38. The standard InChI is InChI=1S/C29H27F2N3/c30-29(31)17-5-6-23(18-29)20-34-27-10-4-3-9-26(27)33-28(34)25-8-2-1-7-24(25)16-15-21-11-13-22(19-32)14-12-21/h1-4,7-14,23H,5-6,15-18,20H2. The molecule has 1 aromatic heterocycles. The van der Waals surface area contributed by atoms with Gasteiger partial charge in [-0.3, -0.25) is 0 Å². The molecule has 5 heteroatoms. The monoisotopic (exact) mass is 455 g/mol. The number of nitrogens with zero attached hydrogens (tertiary/aromatic N) is 3. The lowest BCUT2D eigenvalue weighted by Gasteiger charge is -2.29. The molecule has 0 amide bonds. The average molecular weight is 456 g/mol. The Morgan fingerprint density at radius 1 is 0.971 bits per heavy atom. The lowest BCUT2D eigenvalue weighted by Crippen LogP contribution is -2.28. The van der Waals surface area contributed by atoms with Crippen LogP contribution in [0, 0.1) is 17.2 Å². The summed E-state index contributed by atoms with van der Waals surface area (Å²) in [6.07, 6.45) is 3.01. The number of halogens is 2. The second-order valence-electron chi connectivity index (χ2n) is 9.32. The Kier molecular flexibility index (Phi) is 6.15. The van der Waals surface area contributed by atoms with Gasteiger partial charge in [0.25, 0.3) is 0 Å². The predicted molar refractivity (Wildman–Crippen MR) is 131 cm³/mol. The highest BCUT2D eigenvalue weighted by molar-refractivity contribution is 5.81. The molecule has 0 aliphatic heterocycles. The van der Waals surface area contributed by atoms with Gasteiger partial charge in [-0.15, -0.1) is 0 Å². The van der Waals surface area contributed by atoms with Crippen molar-refractivity contribution < 1.29 is 8.78 Å². The topological polar surface area (TPSA) is 41.6 Å². The van der Waals surface area contributed by atoms with Gasteiger partial charge in [0.1, 0.15) is 5.82 Å². The molecule has 0 saturated heterocycles. The smallest absolute Gasteiger partial charge is 0.248 e. The van der Waals surface area contributed by atoms with Gasteiger partial charge >= 0.3 is 0 Å². The zero-order valence-corrected chi connectivity index (χ0v) is 19.1. The fraction of sp³-hybridized carbons (Fsp3) is 0.310. The van der Waals surface area contributed by atoms with E-state index in [0.717, 1.165) is 41.7 Å². The summed E-state index contributed by atoms with van der Waals surface area (Å²) in [6, 6.07) is 26.1. The van der Waals surface area contributed by atoms with Crippen molar-refractivity contribution in [3.05, 3.63) is 89.5 Å². The lowest BCUT2D eigenvalue weighted by atomic mass is 9.86. The maximum absolute atomic E-state index is 14.2. The van der Waals surface area contributed by atoms with Crippen molar-refractivity contribution in [3.8, 4) is 17.5 Å². The number of hydrogen-bond donors (Lipinski definition) is 0. The molecule has 1 saturated carbocycles. The first-order chi connectivity index (χ1) is 16.5. The summed E-state index contributed by atoms with van der Waals surface area (Å²) in [5.74, 6) is -1.78. The largest absolute Gasteiger partial charge is 0.324 e. The highest BCUT2D eigenvalue weighted by Gasteiger charge is 2.36. The molecule has 1 unspecified atom stereocenters. The molecule has 1 atom stereocenters. The third-order valence-corrected chi connectivity index (χ3v) is 6.86. The van der Waals surface area contributed by atoms with Gasteiger partial charge in [0.05, 0.1) is 22.7 Å². The van der Waals surface area contributed by atoms with Crippen LogP contribution < -0.4 is 0 Å². The SMILES string of the molecule is N#Cc1ccc(CCc2ccccc2-c2nc3ccccc3n2CC2CCCC(F)(F)C2)cc1. The Balaban J connectivity index is 1.48. The van der Waals surface area contributed by atoms with Crippen molar-refractivity contribution in [3.63, 3.8) is 0 Å². The molecule has 1 aliphatic carbocycles. The number of fused-ring (bicyclic) bond motifs is 1. The minimum atomic E-state index is -2.57. The van der Waals surface area contributed by atoms with Crippen molar-refractivity contribution in [2.45, 2.75) is 51.0 Å². The van der Waals surface area contributed by atoms with Gasteiger partial charge < -0.3 is 4.57 Å². The zero-order chi connectivity index (χ0) is 23.5. The van der Waals surface area contributed by atoms with E-state index in [-0.39, 0.29) is 18.8 Å². The van der Waals surface area contributed by atoms with E-state index in [0.29, 0.717) is 18.5 Å². The van der Waals surface area contributed by atoms with Crippen LogP contribution >= 0.6 is 0 Å².